The second-order valence-electron chi connectivity index (χ2n) is 8.78. The number of hydrogen-bond acceptors (Lipinski definition) is 6. The van der Waals surface area contributed by atoms with Gasteiger partial charge in [-0.3, -0.25) is 14.5 Å². The van der Waals surface area contributed by atoms with Gasteiger partial charge in [0.05, 0.1) is 29.0 Å². The maximum Gasteiger partial charge on any atom is 0.405 e. The molecule has 0 unspecified atom stereocenters. The van der Waals surface area contributed by atoms with E-state index in [0.717, 1.165) is 4.90 Å². The lowest BCUT2D eigenvalue weighted by atomic mass is 10.0. The maximum atomic E-state index is 13.4. The third-order valence-corrected chi connectivity index (χ3v) is 7.15. The van der Waals surface area contributed by atoms with E-state index in [9.17, 15) is 26.4 Å². The van der Waals surface area contributed by atoms with E-state index in [1.54, 1.807) is 26.1 Å². The van der Waals surface area contributed by atoms with Gasteiger partial charge < -0.3 is 15.6 Å². The predicted molar refractivity (Wildman–Crippen MR) is 128 cm³/mol. The highest BCUT2D eigenvalue weighted by atomic mass is 32.2. The zero-order valence-corrected chi connectivity index (χ0v) is 20.4. The number of aromatic nitrogens is 3. The Morgan fingerprint density at radius 3 is 2.43 bits per heavy atom. The van der Waals surface area contributed by atoms with Crippen molar-refractivity contribution in [2.75, 3.05) is 16.2 Å². The fraction of sp³-hybridized carbons (Fsp3) is 0.409. The van der Waals surface area contributed by atoms with Crippen LogP contribution in [0, 0.1) is 5.92 Å². The molecule has 0 bridgehead atoms. The third kappa shape index (κ3) is 6.02. The lowest BCUT2D eigenvalue weighted by Crippen LogP contribution is -2.51. The maximum absolute atomic E-state index is 13.4. The molecule has 1 atom stereocenters. The quantitative estimate of drug-likeness (QED) is 0.401. The fourth-order valence-corrected chi connectivity index (χ4v) is 4.37. The number of hydrogen-bond donors (Lipinski definition) is 3. The van der Waals surface area contributed by atoms with Gasteiger partial charge in [-0.1, -0.05) is 13.8 Å². The normalized spacial score (nSPS) is 13.4. The van der Waals surface area contributed by atoms with Gasteiger partial charge in [-0.15, -0.1) is 0 Å². The number of halogens is 3. The largest absolute Gasteiger partial charge is 0.405 e. The zero-order valence-electron chi connectivity index (χ0n) is 19.6. The number of aromatic amines is 1. The number of rotatable bonds is 9. The molecule has 3 aromatic heterocycles. The van der Waals surface area contributed by atoms with Gasteiger partial charge >= 0.3 is 6.18 Å². The van der Waals surface area contributed by atoms with Gasteiger partial charge in [0.1, 0.15) is 18.2 Å². The van der Waals surface area contributed by atoms with Crippen molar-refractivity contribution in [1.29, 1.82) is 0 Å². The number of anilines is 2. The number of nitrogens with one attached hydrogen (secondary N) is 2. The highest BCUT2D eigenvalue weighted by Gasteiger charge is 2.37. The van der Waals surface area contributed by atoms with Crippen LogP contribution in [-0.4, -0.2) is 53.3 Å². The van der Waals surface area contributed by atoms with Crippen molar-refractivity contribution in [2.24, 2.45) is 11.7 Å². The lowest BCUT2D eigenvalue weighted by molar-refractivity contribution is -0.126. The topological polar surface area (TPSA) is 134 Å². The molecule has 1 amide bonds. The summed E-state index contributed by atoms with van der Waals surface area (Å²) in [6, 6.07) is 1.84. The summed E-state index contributed by atoms with van der Waals surface area (Å²) in [6.07, 6.45) is 1.07. The lowest BCUT2D eigenvalue weighted by Gasteiger charge is -2.34. The van der Waals surface area contributed by atoms with Crippen molar-refractivity contribution in [3.05, 3.63) is 36.9 Å². The number of carbonyl (C=O) groups excluding carboxylic acids is 1. The van der Waals surface area contributed by atoms with Gasteiger partial charge in [0.25, 0.3) is 0 Å². The minimum atomic E-state index is -4.59. The predicted octanol–water partition coefficient (Wildman–Crippen LogP) is 3.65. The second kappa shape index (κ2) is 9.72. The summed E-state index contributed by atoms with van der Waals surface area (Å²) in [7, 11) is -3.61. The Kier molecular flexibility index (Phi) is 7.29. The third-order valence-electron chi connectivity index (χ3n) is 5.39. The number of nitrogens with two attached hydrogens (primary N) is 1. The number of H-pyrrole nitrogens is 1. The molecule has 3 rings (SSSR count). The summed E-state index contributed by atoms with van der Waals surface area (Å²) in [5, 5.41) is -0.130. The molecule has 0 aliphatic carbocycles. The summed E-state index contributed by atoms with van der Waals surface area (Å²) in [4.78, 5) is 24.2. The standard InChI is InChI=1S/C22H27F3N6O3S/c1-12(2)19(20(26)32)31(11-22(23,24)25)16-5-14(7-27-9-16)18-10-29-21-17(18)6-15(8-28-21)30-35(33,34)13(3)4/h5-10,12-13,19,30H,11H2,1-4H3,(H2,26,32)(H,28,29)/t19-/m0/s1. The molecule has 0 aromatic carbocycles. The first kappa shape index (κ1) is 26.3. The Hall–Kier alpha value is -3.35. The Labute approximate surface area is 201 Å². The molecule has 0 saturated carbocycles. The van der Waals surface area contributed by atoms with Gasteiger partial charge in [-0.05, 0) is 31.9 Å². The monoisotopic (exact) mass is 512 g/mol. The molecule has 3 heterocycles. The minimum absolute atomic E-state index is 0.0660. The first-order valence-corrected chi connectivity index (χ1v) is 12.3. The van der Waals surface area contributed by atoms with Crippen molar-refractivity contribution in [3.63, 3.8) is 0 Å². The second-order valence-corrected chi connectivity index (χ2v) is 11.0. The smallest absolute Gasteiger partial charge is 0.368 e. The van der Waals surface area contributed by atoms with Crippen molar-refractivity contribution in [1.82, 2.24) is 15.0 Å². The minimum Gasteiger partial charge on any atom is -0.368 e. The average molecular weight is 513 g/mol. The molecule has 0 saturated heterocycles. The Morgan fingerprint density at radius 2 is 1.86 bits per heavy atom. The summed E-state index contributed by atoms with van der Waals surface area (Å²) in [6.45, 7) is 4.91. The van der Waals surface area contributed by atoms with Crippen LogP contribution in [0.25, 0.3) is 22.2 Å². The van der Waals surface area contributed by atoms with E-state index < -0.39 is 45.9 Å². The molecule has 190 valence electrons. The number of fused-ring (bicyclic) bond motifs is 1. The van der Waals surface area contributed by atoms with E-state index in [0.29, 0.717) is 22.2 Å². The fourth-order valence-electron chi connectivity index (χ4n) is 3.70. The molecule has 4 N–H and O–H groups in total. The Morgan fingerprint density at radius 1 is 1.17 bits per heavy atom. The molecule has 0 aliphatic heterocycles. The summed E-state index contributed by atoms with van der Waals surface area (Å²) in [5.74, 6) is -1.37. The highest BCUT2D eigenvalue weighted by molar-refractivity contribution is 7.93. The molecule has 0 radical (unpaired) electrons. The molecule has 3 aromatic rings. The SMILES string of the molecule is CC(C)[C@@H](C(N)=O)N(CC(F)(F)F)c1cncc(-c2c[nH]c3ncc(NS(=O)(=O)C(C)C)cc23)c1. The number of primary amides is 1. The first-order valence-electron chi connectivity index (χ1n) is 10.8. The Bertz CT molecular complexity index is 1320. The van der Waals surface area contributed by atoms with Crippen LogP contribution >= 0.6 is 0 Å². The van der Waals surface area contributed by atoms with Gasteiger partial charge in [-0.25, -0.2) is 13.4 Å². The number of nitrogens with zero attached hydrogens (tertiary/aromatic N) is 3. The van der Waals surface area contributed by atoms with Gasteiger partial charge in [0.15, 0.2) is 0 Å². The molecule has 35 heavy (non-hydrogen) atoms. The van der Waals surface area contributed by atoms with Crippen molar-refractivity contribution in [3.8, 4) is 11.1 Å². The molecular weight excluding hydrogens is 485 g/mol. The Balaban J connectivity index is 2.08. The van der Waals surface area contributed by atoms with E-state index in [1.165, 1.54) is 38.5 Å². The van der Waals surface area contributed by atoms with Crippen LogP contribution in [0.1, 0.15) is 27.7 Å². The summed E-state index contributed by atoms with van der Waals surface area (Å²) >= 11 is 0. The van der Waals surface area contributed by atoms with Gasteiger partial charge in [-0.2, -0.15) is 13.2 Å². The zero-order chi connectivity index (χ0) is 26.1. The number of sulfonamides is 1. The van der Waals surface area contributed by atoms with Crippen LogP contribution in [-0.2, 0) is 14.8 Å². The van der Waals surface area contributed by atoms with Gasteiger partial charge in [0, 0.05) is 28.9 Å². The van der Waals surface area contributed by atoms with Crippen LogP contribution < -0.4 is 15.4 Å². The van der Waals surface area contributed by atoms with Crippen LogP contribution in [0.2, 0.25) is 0 Å². The van der Waals surface area contributed by atoms with Crippen LogP contribution in [0.4, 0.5) is 24.5 Å². The number of amides is 1. The molecule has 9 nitrogen and oxygen atoms in total. The van der Waals surface area contributed by atoms with E-state index >= 15 is 0 Å². The van der Waals surface area contributed by atoms with Gasteiger partial charge in [0.2, 0.25) is 15.9 Å². The summed E-state index contributed by atoms with van der Waals surface area (Å²) < 4.78 is 67.2. The van der Waals surface area contributed by atoms with Crippen LogP contribution in [0.3, 0.4) is 0 Å². The summed E-state index contributed by atoms with van der Waals surface area (Å²) in [5.41, 5.74) is 7.19. The first-order chi connectivity index (χ1) is 16.2. The molecule has 13 heteroatoms. The molecular formula is C22H27F3N6O3S. The van der Waals surface area contributed by atoms with Crippen LogP contribution in [0.5, 0.6) is 0 Å². The number of alkyl halides is 3. The van der Waals surface area contributed by atoms with Crippen molar-refractivity contribution >= 4 is 38.3 Å². The van der Waals surface area contributed by atoms with E-state index in [4.69, 9.17) is 5.73 Å². The van der Waals surface area contributed by atoms with Crippen LogP contribution in [0.15, 0.2) is 36.9 Å². The highest BCUT2D eigenvalue weighted by Crippen LogP contribution is 2.33. The molecule has 0 aliphatic rings. The van der Waals surface area contributed by atoms with Crippen molar-refractivity contribution in [2.45, 2.75) is 45.2 Å². The number of carbonyl (C=O) groups is 1. The van der Waals surface area contributed by atoms with E-state index in [-0.39, 0.29) is 11.4 Å². The van der Waals surface area contributed by atoms with E-state index in [2.05, 4.69) is 19.7 Å². The average Bonchev–Trinajstić information content (AvgIpc) is 3.14. The number of pyridine rings is 2. The molecule has 0 fully saturated rings. The van der Waals surface area contributed by atoms with Crippen molar-refractivity contribution < 1.29 is 26.4 Å². The molecule has 0 spiro atoms. The van der Waals surface area contributed by atoms with E-state index in [1.807, 2.05) is 0 Å².